The van der Waals surface area contributed by atoms with Crippen LogP contribution in [0, 0.1) is 0 Å². The Kier molecular flexibility index (Phi) is 15.1. The van der Waals surface area contributed by atoms with E-state index in [0.717, 1.165) is 0 Å². The van der Waals surface area contributed by atoms with Crippen LogP contribution < -0.4 is 0 Å². The molecule has 0 fully saturated rings. The van der Waals surface area contributed by atoms with Crippen molar-refractivity contribution in [3.63, 3.8) is 0 Å². The zero-order valence-corrected chi connectivity index (χ0v) is 18.8. The Bertz CT molecular complexity index is 516. The van der Waals surface area contributed by atoms with E-state index in [1.54, 1.807) is 0 Å². The molecular weight excluding hydrogens is 312 g/mol. The lowest BCUT2D eigenvalue weighted by Gasteiger charge is -2.02. The molecule has 26 heavy (non-hydrogen) atoms. The van der Waals surface area contributed by atoms with Crippen LogP contribution in [-0.2, 0) is 0 Å². The molecule has 0 aromatic heterocycles. The second kappa shape index (κ2) is 15.9. The summed E-state index contributed by atoms with van der Waals surface area (Å²) in [6.07, 6.45) is 22.7. The van der Waals surface area contributed by atoms with Gasteiger partial charge in [-0.05, 0) is 99.3 Å². The summed E-state index contributed by atoms with van der Waals surface area (Å²) in [4.78, 5) is 0. The summed E-state index contributed by atoms with van der Waals surface area (Å²) in [6, 6.07) is 0. The molecule has 148 valence electrons. The van der Waals surface area contributed by atoms with Gasteiger partial charge >= 0.3 is 0 Å². The van der Waals surface area contributed by atoms with E-state index in [0.29, 0.717) is 0 Å². The molecule has 0 heteroatoms. The van der Waals surface area contributed by atoms with Crippen molar-refractivity contribution < 1.29 is 0 Å². The van der Waals surface area contributed by atoms with E-state index in [2.05, 4.69) is 78.8 Å². The molecule has 0 aliphatic rings. The summed E-state index contributed by atoms with van der Waals surface area (Å²) in [5, 5.41) is 0. The molecule has 0 amide bonds. The van der Waals surface area contributed by atoms with Crippen molar-refractivity contribution in [3.8, 4) is 0 Å². The van der Waals surface area contributed by atoms with Crippen LogP contribution in [0.3, 0.4) is 0 Å². The van der Waals surface area contributed by atoms with Crippen molar-refractivity contribution in [2.75, 3.05) is 0 Å². The van der Waals surface area contributed by atoms with Crippen LogP contribution in [-0.4, -0.2) is 0 Å². The molecule has 0 N–H and O–H groups in total. The summed E-state index contributed by atoms with van der Waals surface area (Å²) in [7, 11) is 0. The van der Waals surface area contributed by atoms with E-state index in [1.165, 1.54) is 85.7 Å². The molecule has 0 spiro atoms. The summed E-state index contributed by atoms with van der Waals surface area (Å²) >= 11 is 0. The van der Waals surface area contributed by atoms with Gasteiger partial charge in [-0.2, -0.15) is 0 Å². The van der Waals surface area contributed by atoms with Crippen LogP contribution in [0.5, 0.6) is 0 Å². The molecule has 0 aliphatic heterocycles. The van der Waals surface area contributed by atoms with Gasteiger partial charge in [0.1, 0.15) is 0 Å². The van der Waals surface area contributed by atoms with E-state index in [-0.39, 0.29) is 0 Å². The Morgan fingerprint density at radius 3 is 1.19 bits per heavy atom. The molecule has 0 atom stereocenters. The molecule has 0 heterocycles. The first kappa shape index (κ1) is 24.7. The third-order valence-electron chi connectivity index (χ3n) is 4.86. The monoisotopic (exact) mass is 356 g/mol. The molecule has 0 unspecified atom stereocenters. The molecule has 0 nitrogen and oxygen atoms in total. The lowest BCUT2D eigenvalue weighted by Crippen LogP contribution is -1.82. The minimum atomic E-state index is 1.18. The normalized spacial score (nSPS) is 14.0. The van der Waals surface area contributed by atoms with Gasteiger partial charge < -0.3 is 0 Å². The smallest absolute Gasteiger partial charge is 0.0288 e. The average molecular weight is 357 g/mol. The Morgan fingerprint density at radius 1 is 0.462 bits per heavy atom. The Balaban J connectivity index is 4.00. The maximum Gasteiger partial charge on any atom is -0.0288 e. The average Bonchev–Trinajstić information content (AvgIpc) is 2.58. The van der Waals surface area contributed by atoms with E-state index < -0.39 is 0 Å². The highest BCUT2D eigenvalue weighted by Gasteiger charge is 1.93. The second-order valence-corrected chi connectivity index (χ2v) is 8.03. The minimum absolute atomic E-state index is 1.18. The fourth-order valence-corrected chi connectivity index (χ4v) is 2.79. The molecule has 0 aromatic carbocycles. The third kappa shape index (κ3) is 16.2. The Labute approximate surface area is 164 Å². The first-order chi connectivity index (χ1) is 12.3. The summed E-state index contributed by atoms with van der Waals surface area (Å²) in [6.45, 7) is 15.6. The Morgan fingerprint density at radius 2 is 0.808 bits per heavy atom. The van der Waals surface area contributed by atoms with Gasteiger partial charge in [0.05, 0.1) is 0 Å². The van der Waals surface area contributed by atoms with Crippen molar-refractivity contribution in [2.45, 2.75) is 106 Å². The van der Waals surface area contributed by atoms with E-state index in [1.807, 2.05) is 0 Å². The number of hydrogen-bond donors (Lipinski definition) is 0. The van der Waals surface area contributed by atoms with Crippen LogP contribution in [0.2, 0.25) is 0 Å². The fourth-order valence-electron chi connectivity index (χ4n) is 2.79. The molecule has 0 radical (unpaired) electrons. The molecule has 0 saturated carbocycles. The first-order valence-electron chi connectivity index (χ1n) is 10.6. The van der Waals surface area contributed by atoms with Crippen molar-refractivity contribution in [2.24, 2.45) is 0 Å². The van der Waals surface area contributed by atoms with Crippen LogP contribution >= 0.6 is 0 Å². The van der Waals surface area contributed by atoms with Gasteiger partial charge in [0, 0.05) is 0 Å². The molecule has 0 aromatic rings. The van der Waals surface area contributed by atoms with Gasteiger partial charge in [0.25, 0.3) is 0 Å². The quantitative estimate of drug-likeness (QED) is 0.228. The predicted molar refractivity (Wildman–Crippen MR) is 122 cm³/mol. The molecule has 0 bridgehead atoms. The van der Waals surface area contributed by atoms with Crippen LogP contribution in [0.15, 0.2) is 58.2 Å². The van der Waals surface area contributed by atoms with Crippen LogP contribution in [0.1, 0.15) is 106 Å². The maximum absolute atomic E-state index is 2.43. The molecule has 0 aliphatic carbocycles. The second-order valence-electron chi connectivity index (χ2n) is 8.03. The van der Waals surface area contributed by atoms with Gasteiger partial charge in [-0.25, -0.2) is 0 Å². The SMILES string of the molecule is CC/C(C)=C/CC/C(C)=C\CC/C=C(\C)CC/C=C(\C)CCC=C(C)C. The highest BCUT2D eigenvalue weighted by molar-refractivity contribution is 5.07. The van der Waals surface area contributed by atoms with E-state index >= 15 is 0 Å². The summed E-state index contributed by atoms with van der Waals surface area (Å²) in [5.74, 6) is 0. The van der Waals surface area contributed by atoms with Gasteiger partial charge in [-0.1, -0.05) is 65.2 Å². The molecular formula is C26H44. The van der Waals surface area contributed by atoms with Gasteiger partial charge in [0.15, 0.2) is 0 Å². The van der Waals surface area contributed by atoms with Crippen molar-refractivity contribution in [3.05, 3.63) is 58.2 Å². The highest BCUT2D eigenvalue weighted by atomic mass is 14.0. The van der Waals surface area contributed by atoms with Gasteiger partial charge in [-0.3, -0.25) is 0 Å². The number of allylic oxidation sites excluding steroid dienone is 10. The zero-order valence-electron chi connectivity index (χ0n) is 18.8. The predicted octanol–water partition coefficient (Wildman–Crippen LogP) is 9.27. The lowest BCUT2D eigenvalue weighted by molar-refractivity contribution is 0.900. The fraction of sp³-hybridized carbons (Fsp3) is 0.615. The highest BCUT2D eigenvalue weighted by Crippen LogP contribution is 2.13. The minimum Gasteiger partial charge on any atom is -0.0856 e. The van der Waals surface area contributed by atoms with E-state index in [9.17, 15) is 0 Å². The van der Waals surface area contributed by atoms with Crippen molar-refractivity contribution in [1.29, 1.82) is 0 Å². The number of hydrogen-bond acceptors (Lipinski definition) is 0. The van der Waals surface area contributed by atoms with Gasteiger partial charge in [0.2, 0.25) is 0 Å². The lowest BCUT2D eigenvalue weighted by atomic mass is 10.0. The topological polar surface area (TPSA) is 0 Å². The van der Waals surface area contributed by atoms with Crippen LogP contribution in [0.25, 0.3) is 0 Å². The first-order valence-corrected chi connectivity index (χ1v) is 10.6. The van der Waals surface area contributed by atoms with Crippen molar-refractivity contribution >= 4 is 0 Å². The van der Waals surface area contributed by atoms with Gasteiger partial charge in [-0.15, -0.1) is 0 Å². The standard InChI is InChI=1S/C26H44/c1-8-23(4)17-12-19-24(5)15-9-10-16-25(6)20-13-21-26(7)18-11-14-22(2)3/h14-17,21H,8-13,18-20H2,1-7H3/b23-17+,24-15-,25-16+,26-21+. The van der Waals surface area contributed by atoms with E-state index in [4.69, 9.17) is 0 Å². The molecule has 0 saturated heterocycles. The molecule has 0 rings (SSSR count). The third-order valence-corrected chi connectivity index (χ3v) is 4.86. The largest absolute Gasteiger partial charge is 0.0856 e. The zero-order chi connectivity index (χ0) is 19.8. The van der Waals surface area contributed by atoms with Crippen LogP contribution in [0.4, 0.5) is 0 Å². The summed E-state index contributed by atoms with van der Waals surface area (Å²) < 4.78 is 0. The summed E-state index contributed by atoms with van der Waals surface area (Å²) in [5.41, 5.74) is 7.53. The Hall–Kier alpha value is -1.30. The number of unbranched alkanes of at least 4 members (excludes halogenated alkanes) is 1. The maximum atomic E-state index is 2.43. The number of rotatable bonds is 13. The van der Waals surface area contributed by atoms with Crippen molar-refractivity contribution in [1.82, 2.24) is 0 Å².